The molecule has 56 heavy (non-hydrogen) atoms. The monoisotopic (exact) mass is 733 g/mol. The van der Waals surface area contributed by atoms with Crippen molar-refractivity contribution in [2.45, 2.75) is 32.4 Å². The van der Waals surface area contributed by atoms with Crippen molar-refractivity contribution < 1.29 is 0 Å². The molecule has 9 aromatic rings. The van der Waals surface area contributed by atoms with Crippen LogP contribution in [0.3, 0.4) is 0 Å². The number of hydrogen-bond donors (Lipinski definition) is 0. The van der Waals surface area contributed by atoms with Gasteiger partial charge >= 0.3 is 0 Å². The average molecular weight is 734 g/mol. The van der Waals surface area contributed by atoms with Crippen LogP contribution in [0, 0.1) is 0 Å². The van der Waals surface area contributed by atoms with Gasteiger partial charge in [-0.05, 0) is 129 Å². The average Bonchev–Trinajstić information content (AvgIpc) is 3.46. The molecule has 11 rings (SSSR count). The van der Waals surface area contributed by atoms with Gasteiger partial charge in [-0.2, -0.15) is 0 Å². The minimum atomic E-state index is -1.91. The molecule has 268 valence electrons. The number of hydrogen-bond acceptors (Lipinski definition) is 1. The van der Waals surface area contributed by atoms with E-state index in [1.165, 1.54) is 110 Å². The first kappa shape index (κ1) is 33.1. The SMILES string of the molecule is CN1c2ccccc2[Si](C)(C)c2ccc(-c3c4ccccc4c(-c4ccc5c(c4)C(C)(C)c4ccccc4-5)c4cc(-c5ccc6ccccc6c5)ccc34)cc21. The number of rotatable bonds is 3. The van der Waals surface area contributed by atoms with E-state index in [2.05, 4.69) is 209 Å². The van der Waals surface area contributed by atoms with E-state index in [0.717, 1.165) is 0 Å². The first-order chi connectivity index (χ1) is 27.2. The van der Waals surface area contributed by atoms with Crippen molar-refractivity contribution in [2.75, 3.05) is 11.9 Å². The Labute approximate surface area is 330 Å². The van der Waals surface area contributed by atoms with Gasteiger partial charge in [0.05, 0.1) is 0 Å². The zero-order valence-electron chi connectivity index (χ0n) is 32.6. The van der Waals surface area contributed by atoms with Crippen molar-refractivity contribution in [3.8, 4) is 44.5 Å². The maximum absolute atomic E-state index is 2.50. The predicted molar refractivity (Wildman–Crippen MR) is 244 cm³/mol. The Morgan fingerprint density at radius 1 is 0.411 bits per heavy atom. The summed E-state index contributed by atoms with van der Waals surface area (Å²) in [5.74, 6) is 0. The number of fused-ring (bicyclic) bond motifs is 8. The Kier molecular flexibility index (Phi) is 7.04. The van der Waals surface area contributed by atoms with Crippen LogP contribution in [0.4, 0.5) is 11.4 Å². The largest absolute Gasteiger partial charge is 0.345 e. The van der Waals surface area contributed by atoms with Gasteiger partial charge in [-0.15, -0.1) is 0 Å². The quantitative estimate of drug-likeness (QED) is 0.129. The van der Waals surface area contributed by atoms with Gasteiger partial charge in [0, 0.05) is 23.8 Å². The summed E-state index contributed by atoms with van der Waals surface area (Å²) in [6, 6.07) is 64.4. The maximum Gasteiger partial charge on any atom is 0.117 e. The molecule has 9 aromatic carbocycles. The van der Waals surface area contributed by atoms with Crippen LogP contribution in [0.1, 0.15) is 25.0 Å². The molecule has 0 amide bonds. The standard InChI is InChI=1S/C54H43NSi/c1-54(2)46-19-11-10-16-40(46)41-27-25-38(32-47(41)54)53-43-18-9-8-17-42(43)52(39-26-29-51-49(33-39)55(3)48-20-12-13-21-50(48)56(51,4)5)44-28-24-37(31-45(44)53)36-23-22-34-14-6-7-15-35(34)30-36/h6-33H,1-5H3. The first-order valence-electron chi connectivity index (χ1n) is 19.9. The van der Waals surface area contributed by atoms with E-state index >= 15 is 0 Å². The highest BCUT2D eigenvalue weighted by molar-refractivity contribution is 7.02. The van der Waals surface area contributed by atoms with Gasteiger partial charge in [-0.1, -0.05) is 166 Å². The number of anilines is 2. The molecule has 2 heteroatoms. The van der Waals surface area contributed by atoms with E-state index < -0.39 is 8.07 Å². The summed E-state index contributed by atoms with van der Waals surface area (Å²) in [5, 5.41) is 10.6. The summed E-state index contributed by atoms with van der Waals surface area (Å²) >= 11 is 0. The maximum atomic E-state index is 2.50. The smallest absolute Gasteiger partial charge is 0.117 e. The van der Waals surface area contributed by atoms with Crippen molar-refractivity contribution >= 4 is 62.1 Å². The lowest BCUT2D eigenvalue weighted by molar-refractivity contribution is 0.660. The Balaban J connectivity index is 1.20. The van der Waals surface area contributed by atoms with Gasteiger partial charge in [0.1, 0.15) is 8.07 Å². The van der Waals surface area contributed by atoms with Crippen LogP contribution in [0.25, 0.3) is 76.8 Å². The van der Waals surface area contributed by atoms with Crippen molar-refractivity contribution in [2.24, 2.45) is 0 Å². The van der Waals surface area contributed by atoms with Crippen LogP contribution < -0.4 is 15.3 Å². The molecule has 1 aliphatic heterocycles. The minimum Gasteiger partial charge on any atom is -0.345 e. The molecule has 1 heterocycles. The van der Waals surface area contributed by atoms with E-state index in [1.54, 1.807) is 0 Å². The third-order valence-corrected chi connectivity index (χ3v) is 16.8. The molecule has 0 aromatic heterocycles. The van der Waals surface area contributed by atoms with Crippen LogP contribution in [0.5, 0.6) is 0 Å². The molecule has 0 radical (unpaired) electrons. The lowest BCUT2D eigenvalue weighted by Crippen LogP contribution is -2.58. The third-order valence-electron chi connectivity index (χ3n) is 13.2. The van der Waals surface area contributed by atoms with E-state index in [4.69, 9.17) is 0 Å². The van der Waals surface area contributed by atoms with Crippen molar-refractivity contribution in [1.82, 2.24) is 0 Å². The predicted octanol–water partition coefficient (Wildman–Crippen LogP) is 13.4. The second-order valence-corrected chi connectivity index (χ2v) is 21.3. The van der Waals surface area contributed by atoms with Crippen LogP contribution in [-0.4, -0.2) is 15.1 Å². The number of para-hydroxylation sites is 1. The minimum absolute atomic E-state index is 0.0887. The highest BCUT2D eigenvalue weighted by atomic mass is 28.3. The van der Waals surface area contributed by atoms with Crippen LogP contribution in [0.2, 0.25) is 13.1 Å². The van der Waals surface area contributed by atoms with E-state index in [-0.39, 0.29) is 5.41 Å². The number of nitrogens with zero attached hydrogens (tertiary/aromatic N) is 1. The molecule has 0 fully saturated rings. The number of benzene rings is 9. The van der Waals surface area contributed by atoms with Crippen molar-refractivity contribution in [3.63, 3.8) is 0 Å². The molecule has 1 nitrogen and oxygen atoms in total. The zero-order chi connectivity index (χ0) is 37.9. The molecule has 0 spiro atoms. The molecule has 0 atom stereocenters. The third kappa shape index (κ3) is 4.66. The Bertz CT molecular complexity index is 3110. The highest BCUT2D eigenvalue weighted by Gasteiger charge is 2.38. The zero-order valence-corrected chi connectivity index (χ0v) is 33.6. The van der Waals surface area contributed by atoms with Crippen LogP contribution in [-0.2, 0) is 5.41 Å². The van der Waals surface area contributed by atoms with Crippen molar-refractivity contribution in [1.29, 1.82) is 0 Å². The molecule has 0 N–H and O–H groups in total. The molecule has 0 unspecified atom stereocenters. The van der Waals surface area contributed by atoms with Gasteiger partial charge in [0.15, 0.2) is 0 Å². The van der Waals surface area contributed by atoms with Gasteiger partial charge in [0.2, 0.25) is 0 Å². The fraction of sp³-hybridized carbons (Fsp3) is 0.111. The molecule has 1 aliphatic carbocycles. The Hall–Kier alpha value is -6.22. The van der Waals surface area contributed by atoms with Crippen LogP contribution in [0.15, 0.2) is 170 Å². The van der Waals surface area contributed by atoms with E-state index in [9.17, 15) is 0 Å². The summed E-state index contributed by atoms with van der Waals surface area (Å²) in [6.45, 7) is 9.77. The topological polar surface area (TPSA) is 3.24 Å². The fourth-order valence-electron chi connectivity index (χ4n) is 10.3. The second kappa shape index (κ2) is 11.9. The lowest BCUT2D eigenvalue weighted by atomic mass is 9.80. The van der Waals surface area contributed by atoms with Gasteiger partial charge < -0.3 is 4.90 Å². The molecule has 0 saturated heterocycles. The summed E-state index contributed by atoms with van der Waals surface area (Å²) in [7, 11) is 0.336. The van der Waals surface area contributed by atoms with Crippen molar-refractivity contribution in [3.05, 3.63) is 181 Å². The van der Waals surface area contributed by atoms with Crippen LogP contribution >= 0.6 is 0 Å². The Morgan fingerprint density at radius 3 is 1.82 bits per heavy atom. The summed E-state index contributed by atoms with van der Waals surface area (Å²) < 4.78 is 0. The normalized spacial score (nSPS) is 14.8. The summed E-state index contributed by atoms with van der Waals surface area (Å²) in [5.41, 5.74) is 15.7. The molecular formula is C54H43NSi. The Morgan fingerprint density at radius 2 is 0.982 bits per heavy atom. The van der Waals surface area contributed by atoms with E-state index in [0.29, 0.717) is 0 Å². The van der Waals surface area contributed by atoms with E-state index in [1.807, 2.05) is 0 Å². The highest BCUT2D eigenvalue weighted by Crippen LogP contribution is 2.52. The molecule has 0 saturated carbocycles. The molecule has 2 aliphatic rings. The second-order valence-electron chi connectivity index (χ2n) is 17.0. The van der Waals surface area contributed by atoms with Gasteiger partial charge in [-0.3, -0.25) is 0 Å². The first-order valence-corrected chi connectivity index (χ1v) is 22.9. The lowest BCUT2D eigenvalue weighted by Gasteiger charge is -2.39. The van der Waals surface area contributed by atoms with Gasteiger partial charge in [-0.25, -0.2) is 0 Å². The summed E-state index contributed by atoms with van der Waals surface area (Å²) in [6.07, 6.45) is 0. The summed E-state index contributed by atoms with van der Waals surface area (Å²) in [4.78, 5) is 2.42. The molecular weight excluding hydrogens is 691 g/mol. The molecule has 0 bridgehead atoms. The van der Waals surface area contributed by atoms with Gasteiger partial charge in [0.25, 0.3) is 0 Å². The fourth-order valence-corrected chi connectivity index (χ4v) is 13.3.